The van der Waals surface area contributed by atoms with E-state index in [0.29, 0.717) is 11.8 Å². The minimum atomic E-state index is 0.451. The lowest BCUT2D eigenvalue weighted by Crippen LogP contribution is -1.98. The summed E-state index contributed by atoms with van der Waals surface area (Å²) in [4.78, 5) is 8.31. The first-order valence-corrected chi connectivity index (χ1v) is 4.13. The van der Waals surface area contributed by atoms with Gasteiger partial charge in [0, 0.05) is 6.20 Å². The molecular formula is C9H14N2O. The molecule has 1 heterocycles. The Balaban J connectivity index is 2.86. The summed E-state index contributed by atoms with van der Waals surface area (Å²) in [5, 5.41) is 0. The van der Waals surface area contributed by atoms with Crippen molar-refractivity contribution < 1.29 is 4.74 Å². The van der Waals surface area contributed by atoms with Gasteiger partial charge >= 0.3 is 0 Å². The van der Waals surface area contributed by atoms with Gasteiger partial charge in [-0.15, -0.1) is 0 Å². The van der Waals surface area contributed by atoms with E-state index in [1.54, 1.807) is 19.5 Å². The smallest absolute Gasteiger partial charge is 0.232 e. The molecule has 0 N–H and O–H groups in total. The number of aromatic nitrogens is 2. The summed E-state index contributed by atoms with van der Waals surface area (Å²) in [5.74, 6) is 1.04. The van der Waals surface area contributed by atoms with Crippen LogP contribution in [0, 0.1) is 0 Å². The Bertz CT molecular complexity index is 250. The monoisotopic (exact) mass is 166 g/mol. The van der Waals surface area contributed by atoms with Gasteiger partial charge in [-0.2, -0.15) is 0 Å². The molecule has 0 aliphatic carbocycles. The second-order valence-corrected chi connectivity index (χ2v) is 2.80. The first kappa shape index (κ1) is 8.97. The highest BCUT2D eigenvalue weighted by Crippen LogP contribution is 2.16. The molecule has 0 saturated carbocycles. The molecule has 66 valence electrons. The van der Waals surface area contributed by atoms with E-state index in [1.807, 2.05) is 0 Å². The van der Waals surface area contributed by atoms with E-state index in [4.69, 9.17) is 4.74 Å². The Labute approximate surface area is 72.8 Å². The van der Waals surface area contributed by atoms with Crippen LogP contribution in [0.2, 0.25) is 0 Å². The Morgan fingerprint density at radius 2 is 2.25 bits per heavy atom. The second-order valence-electron chi connectivity index (χ2n) is 2.80. The van der Waals surface area contributed by atoms with Crippen molar-refractivity contribution in [1.29, 1.82) is 0 Å². The van der Waals surface area contributed by atoms with Crippen LogP contribution in [0.5, 0.6) is 5.88 Å². The van der Waals surface area contributed by atoms with E-state index in [9.17, 15) is 0 Å². The van der Waals surface area contributed by atoms with Crippen LogP contribution in [-0.2, 0) is 0 Å². The van der Waals surface area contributed by atoms with Gasteiger partial charge in [0.25, 0.3) is 0 Å². The van der Waals surface area contributed by atoms with E-state index >= 15 is 0 Å². The van der Waals surface area contributed by atoms with Gasteiger partial charge in [0.05, 0.1) is 19.0 Å². The van der Waals surface area contributed by atoms with Crippen LogP contribution in [0.15, 0.2) is 12.4 Å². The molecule has 0 unspecified atom stereocenters. The van der Waals surface area contributed by atoms with Crippen LogP contribution in [0.4, 0.5) is 0 Å². The molecule has 1 aromatic rings. The molecule has 0 bridgehead atoms. The van der Waals surface area contributed by atoms with Crippen LogP contribution in [0.3, 0.4) is 0 Å². The van der Waals surface area contributed by atoms with Crippen molar-refractivity contribution in [1.82, 2.24) is 9.97 Å². The standard InChI is InChI=1S/C9H14N2O/c1-4-7(2)8-5-10-6-9(11-8)12-3/h5-7H,4H2,1-3H3/t7-/m0/s1. The third-order valence-corrected chi connectivity index (χ3v) is 1.96. The predicted molar refractivity (Wildman–Crippen MR) is 47.3 cm³/mol. The van der Waals surface area contributed by atoms with Crippen LogP contribution in [0.1, 0.15) is 31.9 Å². The summed E-state index contributed by atoms with van der Waals surface area (Å²) >= 11 is 0. The Morgan fingerprint density at radius 3 is 2.83 bits per heavy atom. The highest BCUT2D eigenvalue weighted by Gasteiger charge is 2.05. The molecule has 0 radical (unpaired) electrons. The molecule has 1 aromatic heterocycles. The van der Waals surface area contributed by atoms with E-state index in [-0.39, 0.29) is 0 Å². The molecule has 0 amide bonds. The topological polar surface area (TPSA) is 35.0 Å². The SMILES string of the molecule is CC[C@H](C)c1cncc(OC)n1. The minimum absolute atomic E-state index is 0.451. The highest BCUT2D eigenvalue weighted by atomic mass is 16.5. The number of hydrogen-bond acceptors (Lipinski definition) is 3. The summed E-state index contributed by atoms with van der Waals surface area (Å²) < 4.78 is 4.98. The lowest BCUT2D eigenvalue weighted by molar-refractivity contribution is 0.392. The van der Waals surface area contributed by atoms with E-state index in [0.717, 1.165) is 12.1 Å². The second kappa shape index (κ2) is 4.04. The third kappa shape index (κ3) is 1.94. The molecule has 3 nitrogen and oxygen atoms in total. The van der Waals surface area contributed by atoms with Crippen molar-refractivity contribution in [2.24, 2.45) is 0 Å². The largest absolute Gasteiger partial charge is 0.480 e. The molecule has 1 rings (SSSR count). The fourth-order valence-electron chi connectivity index (χ4n) is 0.907. The molecule has 1 atom stereocenters. The molecule has 12 heavy (non-hydrogen) atoms. The number of ether oxygens (including phenoxy) is 1. The van der Waals surface area contributed by atoms with Crippen molar-refractivity contribution in [3.8, 4) is 5.88 Å². The summed E-state index contributed by atoms with van der Waals surface area (Å²) in [6, 6.07) is 0. The Kier molecular flexibility index (Phi) is 3.02. The molecule has 0 aliphatic heterocycles. The zero-order valence-corrected chi connectivity index (χ0v) is 7.74. The number of hydrogen-bond donors (Lipinski definition) is 0. The first-order chi connectivity index (χ1) is 5.77. The lowest BCUT2D eigenvalue weighted by Gasteiger charge is -2.07. The van der Waals surface area contributed by atoms with Crippen LogP contribution < -0.4 is 4.74 Å². The molecule has 0 saturated heterocycles. The van der Waals surface area contributed by atoms with Crippen molar-refractivity contribution in [2.45, 2.75) is 26.2 Å². The summed E-state index contributed by atoms with van der Waals surface area (Å²) in [5.41, 5.74) is 0.997. The van der Waals surface area contributed by atoms with Gasteiger partial charge in [0.1, 0.15) is 0 Å². The van der Waals surface area contributed by atoms with Gasteiger partial charge in [-0.05, 0) is 12.3 Å². The van der Waals surface area contributed by atoms with Crippen molar-refractivity contribution in [3.63, 3.8) is 0 Å². The summed E-state index contributed by atoms with van der Waals surface area (Å²) in [6.45, 7) is 4.26. The number of methoxy groups -OCH3 is 1. The van der Waals surface area contributed by atoms with Gasteiger partial charge in [0.15, 0.2) is 0 Å². The fourth-order valence-corrected chi connectivity index (χ4v) is 0.907. The molecule has 0 aliphatic rings. The van der Waals surface area contributed by atoms with Gasteiger partial charge in [-0.3, -0.25) is 4.98 Å². The zero-order valence-electron chi connectivity index (χ0n) is 7.74. The van der Waals surface area contributed by atoms with Crippen LogP contribution in [-0.4, -0.2) is 17.1 Å². The molecule has 0 spiro atoms. The molecule has 0 fully saturated rings. The highest BCUT2D eigenvalue weighted by molar-refractivity contribution is 5.11. The van der Waals surface area contributed by atoms with Gasteiger partial charge in [-0.25, -0.2) is 4.98 Å². The van der Waals surface area contributed by atoms with E-state index < -0.39 is 0 Å². The lowest BCUT2D eigenvalue weighted by atomic mass is 10.1. The van der Waals surface area contributed by atoms with Crippen molar-refractivity contribution in [3.05, 3.63) is 18.1 Å². The van der Waals surface area contributed by atoms with Crippen molar-refractivity contribution in [2.75, 3.05) is 7.11 Å². The Morgan fingerprint density at radius 1 is 1.50 bits per heavy atom. The molecule has 0 aromatic carbocycles. The van der Waals surface area contributed by atoms with Crippen LogP contribution >= 0.6 is 0 Å². The van der Waals surface area contributed by atoms with Gasteiger partial charge in [-0.1, -0.05) is 13.8 Å². The molecular weight excluding hydrogens is 152 g/mol. The average Bonchev–Trinajstić information content (AvgIpc) is 2.17. The first-order valence-electron chi connectivity index (χ1n) is 4.13. The maximum absolute atomic E-state index is 4.98. The quantitative estimate of drug-likeness (QED) is 0.688. The minimum Gasteiger partial charge on any atom is -0.480 e. The number of rotatable bonds is 3. The maximum atomic E-state index is 4.98. The number of nitrogens with zero attached hydrogens (tertiary/aromatic N) is 2. The van der Waals surface area contributed by atoms with Crippen LogP contribution in [0.25, 0.3) is 0 Å². The normalized spacial score (nSPS) is 12.6. The van der Waals surface area contributed by atoms with E-state index in [2.05, 4.69) is 23.8 Å². The van der Waals surface area contributed by atoms with E-state index in [1.165, 1.54) is 0 Å². The van der Waals surface area contributed by atoms with Gasteiger partial charge < -0.3 is 4.74 Å². The predicted octanol–water partition coefficient (Wildman–Crippen LogP) is 2.00. The Hall–Kier alpha value is -1.12. The zero-order chi connectivity index (χ0) is 8.97. The maximum Gasteiger partial charge on any atom is 0.232 e. The van der Waals surface area contributed by atoms with Crippen molar-refractivity contribution >= 4 is 0 Å². The van der Waals surface area contributed by atoms with Gasteiger partial charge in [0.2, 0.25) is 5.88 Å². The molecule has 3 heteroatoms. The summed E-state index contributed by atoms with van der Waals surface area (Å²) in [6.07, 6.45) is 4.48. The fraction of sp³-hybridized carbons (Fsp3) is 0.556. The summed E-state index contributed by atoms with van der Waals surface area (Å²) in [7, 11) is 1.60. The average molecular weight is 166 g/mol. The third-order valence-electron chi connectivity index (χ3n) is 1.96.